The quantitative estimate of drug-likeness (QED) is 0.601. The normalized spacial score (nSPS) is 17.2. The van der Waals surface area contributed by atoms with Crippen LogP contribution in [0.1, 0.15) is 24.6 Å². The first-order chi connectivity index (χ1) is 12.7. The summed E-state index contributed by atoms with van der Waals surface area (Å²) in [5.74, 6) is 1.52. The highest BCUT2D eigenvalue weighted by atomic mass is 32.1. The van der Waals surface area contributed by atoms with Crippen LogP contribution in [0.3, 0.4) is 0 Å². The van der Waals surface area contributed by atoms with Crippen molar-refractivity contribution in [3.63, 3.8) is 0 Å². The Balaban J connectivity index is 1.40. The molecule has 3 rings (SSSR count). The van der Waals surface area contributed by atoms with Crippen LogP contribution >= 0.6 is 11.3 Å². The van der Waals surface area contributed by atoms with Crippen molar-refractivity contribution in [2.75, 3.05) is 31.6 Å². The topological polar surface area (TPSA) is 39.7 Å². The van der Waals surface area contributed by atoms with Gasteiger partial charge in [-0.05, 0) is 48.8 Å². The lowest BCUT2D eigenvalue weighted by atomic mass is 10.0. The maximum Gasteiger partial charge on any atom is 0.191 e. The molecule has 4 nitrogen and oxygen atoms in total. The van der Waals surface area contributed by atoms with Gasteiger partial charge in [-0.15, -0.1) is 11.3 Å². The van der Waals surface area contributed by atoms with Crippen LogP contribution < -0.4 is 15.5 Å². The SMILES string of the molecule is CN=C(NCC(C)Cc1cccs1)NC1CCN(c2ccccc2)CC1. The highest BCUT2D eigenvalue weighted by Crippen LogP contribution is 2.19. The van der Waals surface area contributed by atoms with Crippen molar-refractivity contribution in [3.05, 3.63) is 52.7 Å². The van der Waals surface area contributed by atoms with E-state index in [0.29, 0.717) is 12.0 Å². The van der Waals surface area contributed by atoms with E-state index in [1.54, 1.807) is 0 Å². The minimum atomic E-state index is 0.494. The van der Waals surface area contributed by atoms with Crippen molar-refractivity contribution < 1.29 is 0 Å². The number of rotatable bonds is 6. The Hall–Kier alpha value is -2.01. The second kappa shape index (κ2) is 9.62. The Morgan fingerprint density at radius 1 is 1.19 bits per heavy atom. The molecule has 2 aromatic rings. The van der Waals surface area contributed by atoms with E-state index in [-0.39, 0.29) is 0 Å². The Labute approximate surface area is 161 Å². The number of nitrogens with zero attached hydrogens (tertiary/aromatic N) is 2. The molecule has 1 aliphatic heterocycles. The summed E-state index contributed by atoms with van der Waals surface area (Å²) in [6.07, 6.45) is 3.40. The van der Waals surface area contributed by atoms with Gasteiger partial charge in [0.1, 0.15) is 0 Å². The van der Waals surface area contributed by atoms with Gasteiger partial charge < -0.3 is 15.5 Å². The molecule has 0 bridgehead atoms. The first kappa shape index (κ1) is 18.8. The zero-order valence-corrected chi connectivity index (χ0v) is 16.6. The lowest BCUT2D eigenvalue weighted by molar-refractivity contribution is 0.458. The molecule has 1 aromatic carbocycles. The molecule has 26 heavy (non-hydrogen) atoms. The van der Waals surface area contributed by atoms with Gasteiger partial charge in [0.05, 0.1) is 0 Å². The summed E-state index contributed by atoms with van der Waals surface area (Å²) in [7, 11) is 1.86. The molecule has 0 saturated carbocycles. The second-order valence-corrected chi connectivity index (χ2v) is 8.12. The fourth-order valence-electron chi connectivity index (χ4n) is 3.42. The van der Waals surface area contributed by atoms with E-state index in [0.717, 1.165) is 44.9 Å². The van der Waals surface area contributed by atoms with E-state index in [1.807, 2.05) is 18.4 Å². The van der Waals surface area contributed by atoms with Crippen LogP contribution in [-0.4, -0.2) is 38.7 Å². The standard InChI is InChI=1S/C21H30N4S/c1-17(15-20-9-6-14-26-20)16-23-21(22-2)24-18-10-12-25(13-11-18)19-7-4-3-5-8-19/h3-9,14,17-18H,10-13,15-16H2,1-2H3,(H2,22,23,24). The molecule has 2 heterocycles. The van der Waals surface area contributed by atoms with E-state index in [4.69, 9.17) is 0 Å². The molecule has 1 aromatic heterocycles. The molecule has 1 fully saturated rings. The van der Waals surface area contributed by atoms with Crippen molar-refractivity contribution in [1.82, 2.24) is 10.6 Å². The average Bonchev–Trinajstić information content (AvgIpc) is 3.19. The van der Waals surface area contributed by atoms with Crippen LogP contribution in [0.2, 0.25) is 0 Å². The van der Waals surface area contributed by atoms with E-state index < -0.39 is 0 Å². The highest BCUT2D eigenvalue weighted by Gasteiger charge is 2.20. The number of hydrogen-bond donors (Lipinski definition) is 2. The summed E-state index contributed by atoms with van der Waals surface area (Å²) in [6.45, 7) is 5.42. The molecular formula is C21H30N4S. The third kappa shape index (κ3) is 5.49. The Kier molecular flexibility index (Phi) is 6.95. The van der Waals surface area contributed by atoms with Gasteiger partial charge in [-0.3, -0.25) is 4.99 Å². The number of thiophene rings is 1. The van der Waals surface area contributed by atoms with Gasteiger partial charge in [0.2, 0.25) is 0 Å². The molecule has 0 aliphatic carbocycles. The van der Waals surface area contributed by atoms with Crippen molar-refractivity contribution in [1.29, 1.82) is 0 Å². The highest BCUT2D eigenvalue weighted by molar-refractivity contribution is 7.09. The van der Waals surface area contributed by atoms with Gasteiger partial charge in [-0.2, -0.15) is 0 Å². The first-order valence-electron chi connectivity index (χ1n) is 9.54. The lowest BCUT2D eigenvalue weighted by Crippen LogP contribution is -2.49. The van der Waals surface area contributed by atoms with Gasteiger partial charge >= 0.3 is 0 Å². The van der Waals surface area contributed by atoms with Crippen molar-refractivity contribution in [2.24, 2.45) is 10.9 Å². The molecule has 1 saturated heterocycles. The first-order valence-corrected chi connectivity index (χ1v) is 10.4. The Morgan fingerprint density at radius 2 is 1.96 bits per heavy atom. The number of hydrogen-bond acceptors (Lipinski definition) is 3. The van der Waals surface area contributed by atoms with Crippen LogP contribution in [0.4, 0.5) is 5.69 Å². The van der Waals surface area contributed by atoms with E-state index >= 15 is 0 Å². The predicted octanol–water partition coefficient (Wildman–Crippen LogP) is 3.76. The summed E-state index contributed by atoms with van der Waals surface area (Å²) < 4.78 is 0. The molecular weight excluding hydrogens is 340 g/mol. The monoisotopic (exact) mass is 370 g/mol. The maximum absolute atomic E-state index is 4.41. The minimum Gasteiger partial charge on any atom is -0.371 e. The largest absolute Gasteiger partial charge is 0.371 e. The van der Waals surface area contributed by atoms with E-state index in [2.05, 4.69) is 75.3 Å². The van der Waals surface area contributed by atoms with Crippen molar-refractivity contribution in [2.45, 2.75) is 32.2 Å². The summed E-state index contributed by atoms with van der Waals surface area (Å²) in [6, 6.07) is 15.5. The van der Waals surface area contributed by atoms with Crippen LogP contribution in [0.5, 0.6) is 0 Å². The van der Waals surface area contributed by atoms with E-state index in [1.165, 1.54) is 10.6 Å². The number of piperidine rings is 1. The van der Waals surface area contributed by atoms with Crippen LogP contribution in [0.15, 0.2) is 52.8 Å². The lowest BCUT2D eigenvalue weighted by Gasteiger charge is -2.34. The van der Waals surface area contributed by atoms with Crippen molar-refractivity contribution >= 4 is 23.0 Å². The molecule has 0 spiro atoms. The maximum atomic E-state index is 4.41. The smallest absolute Gasteiger partial charge is 0.191 e. The van der Waals surface area contributed by atoms with Gasteiger partial charge in [-0.1, -0.05) is 31.2 Å². The van der Waals surface area contributed by atoms with Crippen LogP contribution in [0, 0.1) is 5.92 Å². The van der Waals surface area contributed by atoms with Gasteiger partial charge in [0.25, 0.3) is 0 Å². The van der Waals surface area contributed by atoms with E-state index in [9.17, 15) is 0 Å². The third-order valence-corrected chi connectivity index (χ3v) is 5.83. The molecule has 1 aliphatic rings. The number of guanidine groups is 1. The zero-order valence-electron chi connectivity index (χ0n) is 15.8. The van der Waals surface area contributed by atoms with Gasteiger partial charge in [0, 0.05) is 43.3 Å². The summed E-state index contributed by atoms with van der Waals surface area (Å²) in [4.78, 5) is 8.34. The van der Waals surface area contributed by atoms with Crippen molar-refractivity contribution in [3.8, 4) is 0 Å². The number of nitrogens with one attached hydrogen (secondary N) is 2. The van der Waals surface area contributed by atoms with Crippen LogP contribution in [0.25, 0.3) is 0 Å². The Bertz CT molecular complexity index is 661. The zero-order chi connectivity index (χ0) is 18.2. The number of benzene rings is 1. The molecule has 1 unspecified atom stereocenters. The van der Waals surface area contributed by atoms with Gasteiger partial charge in [-0.25, -0.2) is 0 Å². The predicted molar refractivity (Wildman–Crippen MR) is 113 cm³/mol. The summed E-state index contributed by atoms with van der Waals surface area (Å²) in [5.41, 5.74) is 1.33. The molecule has 2 N–H and O–H groups in total. The fraction of sp³-hybridized carbons (Fsp3) is 0.476. The summed E-state index contributed by atoms with van der Waals surface area (Å²) >= 11 is 1.84. The average molecular weight is 371 g/mol. The summed E-state index contributed by atoms with van der Waals surface area (Å²) in [5, 5.41) is 9.26. The minimum absolute atomic E-state index is 0.494. The molecule has 0 radical (unpaired) electrons. The molecule has 0 amide bonds. The fourth-order valence-corrected chi connectivity index (χ4v) is 4.29. The Morgan fingerprint density at radius 3 is 2.62 bits per heavy atom. The third-order valence-electron chi connectivity index (χ3n) is 4.93. The second-order valence-electron chi connectivity index (χ2n) is 7.08. The number of para-hydroxylation sites is 1. The van der Waals surface area contributed by atoms with Gasteiger partial charge in [0.15, 0.2) is 5.96 Å². The number of anilines is 1. The number of aliphatic imine (C=N–C) groups is 1. The molecule has 5 heteroatoms. The molecule has 140 valence electrons. The molecule has 1 atom stereocenters. The van der Waals surface area contributed by atoms with Crippen LogP contribution in [-0.2, 0) is 6.42 Å².